The number of nitriles is 1. The average molecular weight is 312 g/mol. The molecule has 0 N–H and O–H groups in total. The van der Waals surface area contributed by atoms with Gasteiger partial charge in [-0.3, -0.25) is 0 Å². The third-order valence-corrected chi connectivity index (χ3v) is 3.25. The van der Waals surface area contributed by atoms with E-state index in [1.807, 2.05) is 0 Å². The minimum absolute atomic E-state index is 0.271. The van der Waals surface area contributed by atoms with Gasteiger partial charge in [-0.15, -0.1) is 0 Å². The predicted molar refractivity (Wildman–Crippen MR) is 73.2 cm³/mol. The van der Waals surface area contributed by atoms with Gasteiger partial charge in [0.05, 0.1) is 29.3 Å². The summed E-state index contributed by atoms with van der Waals surface area (Å²) in [4.78, 5) is 0. The monoisotopic (exact) mass is 311 g/mol. The molecule has 0 saturated carbocycles. The Morgan fingerprint density at radius 2 is 1.86 bits per heavy atom. The van der Waals surface area contributed by atoms with Crippen LogP contribution >= 0.6 is 11.6 Å². The van der Waals surface area contributed by atoms with Crippen molar-refractivity contribution in [3.63, 3.8) is 0 Å². The second-order valence-corrected chi connectivity index (χ2v) is 4.62. The standard InChI is InChI=1S/C15H9ClF3NO/c1-21-11-4-5-12(14(16)7-11)9-2-3-10(8-20)13(6-9)15(17,18)19/h2-7H,1H3. The molecule has 21 heavy (non-hydrogen) atoms. The van der Waals surface area contributed by atoms with E-state index in [1.54, 1.807) is 18.2 Å². The van der Waals surface area contributed by atoms with Crippen molar-refractivity contribution in [2.75, 3.05) is 7.11 Å². The number of ether oxygens (including phenoxy) is 1. The maximum Gasteiger partial charge on any atom is 0.417 e. The lowest BCUT2D eigenvalue weighted by Gasteiger charge is -2.12. The number of hydrogen-bond donors (Lipinski definition) is 0. The van der Waals surface area contributed by atoms with Gasteiger partial charge in [-0.2, -0.15) is 18.4 Å². The highest BCUT2D eigenvalue weighted by molar-refractivity contribution is 6.33. The van der Waals surface area contributed by atoms with Crippen LogP contribution in [0.1, 0.15) is 11.1 Å². The van der Waals surface area contributed by atoms with E-state index in [4.69, 9.17) is 21.6 Å². The fraction of sp³-hybridized carbons (Fsp3) is 0.133. The molecule has 0 amide bonds. The number of rotatable bonds is 2. The summed E-state index contributed by atoms with van der Waals surface area (Å²) in [5, 5.41) is 9.04. The first-order chi connectivity index (χ1) is 9.86. The second-order valence-electron chi connectivity index (χ2n) is 4.22. The number of halogens is 4. The summed E-state index contributed by atoms with van der Waals surface area (Å²) in [5.41, 5.74) is -0.674. The van der Waals surface area contributed by atoms with Crippen LogP contribution < -0.4 is 4.74 Å². The first kappa shape index (κ1) is 15.2. The van der Waals surface area contributed by atoms with Crippen LogP contribution in [0.5, 0.6) is 5.75 Å². The lowest BCUT2D eigenvalue weighted by molar-refractivity contribution is -0.137. The summed E-state index contributed by atoms with van der Waals surface area (Å²) in [5.74, 6) is 0.508. The summed E-state index contributed by atoms with van der Waals surface area (Å²) in [6.07, 6.45) is -4.60. The van der Waals surface area contributed by atoms with Crippen molar-refractivity contribution in [2.45, 2.75) is 6.18 Å². The van der Waals surface area contributed by atoms with E-state index in [-0.39, 0.29) is 10.6 Å². The normalized spacial score (nSPS) is 11.0. The Morgan fingerprint density at radius 1 is 1.14 bits per heavy atom. The van der Waals surface area contributed by atoms with Gasteiger partial charge in [0, 0.05) is 5.56 Å². The van der Waals surface area contributed by atoms with E-state index in [2.05, 4.69) is 0 Å². The fourth-order valence-corrected chi connectivity index (χ4v) is 2.18. The van der Waals surface area contributed by atoms with Crippen molar-refractivity contribution in [3.05, 3.63) is 52.5 Å². The summed E-state index contributed by atoms with van der Waals surface area (Å²) in [6, 6.07) is 9.73. The molecule has 0 aliphatic heterocycles. The first-order valence-corrected chi connectivity index (χ1v) is 6.20. The smallest absolute Gasteiger partial charge is 0.417 e. The molecule has 2 aromatic rings. The van der Waals surface area contributed by atoms with Crippen LogP contribution in [0.4, 0.5) is 13.2 Å². The van der Waals surface area contributed by atoms with Crippen molar-refractivity contribution in [1.29, 1.82) is 5.26 Å². The largest absolute Gasteiger partial charge is 0.497 e. The summed E-state index contributed by atoms with van der Waals surface area (Å²) in [7, 11) is 1.47. The Bertz CT molecular complexity index is 720. The van der Waals surface area contributed by atoms with E-state index >= 15 is 0 Å². The van der Waals surface area contributed by atoms with Gasteiger partial charge in [0.25, 0.3) is 0 Å². The zero-order valence-corrected chi connectivity index (χ0v) is 11.6. The highest BCUT2D eigenvalue weighted by atomic mass is 35.5. The van der Waals surface area contributed by atoms with Crippen LogP contribution in [-0.2, 0) is 6.18 Å². The molecule has 6 heteroatoms. The molecule has 0 aliphatic rings. The third-order valence-electron chi connectivity index (χ3n) is 2.93. The molecule has 108 valence electrons. The highest BCUT2D eigenvalue weighted by Crippen LogP contribution is 2.37. The Balaban J connectivity index is 2.59. The van der Waals surface area contributed by atoms with E-state index in [0.29, 0.717) is 11.3 Å². The molecule has 0 radical (unpaired) electrons. The van der Waals surface area contributed by atoms with Gasteiger partial charge in [-0.05, 0) is 35.9 Å². The molecule has 0 bridgehead atoms. The summed E-state index contributed by atoms with van der Waals surface area (Å²) in [6.45, 7) is 0. The minimum Gasteiger partial charge on any atom is -0.497 e. The van der Waals surface area contributed by atoms with Gasteiger partial charge >= 0.3 is 6.18 Å². The van der Waals surface area contributed by atoms with E-state index in [0.717, 1.165) is 12.1 Å². The molecular weight excluding hydrogens is 303 g/mol. The van der Waals surface area contributed by atoms with Crippen molar-refractivity contribution in [3.8, 4) is 22.9 Å². The van der Waals surface area contributed by atoms with E-state index < -0.39 is 17.3 Å². The van der Waals surface area contributed by atoms with Crippen LogP contribution in [0.15, 0.2) is 36.4 Å². The van der Waals surface area contributed by atoms with Gasteiger partial charge in [0.15, 0.2) is 0 Å². The van der Waals surface area contributed by atoms with Crippen molar-refractivity contribution in [2.24, 2.45) is 0 Å². The van der Waals surface area contributed by atoms with Gasteiger partial charge in [-0.25, -0.2) is 0 Å². The van der Waals surface area contributed by atoms with Crippen LogP contribution in [0.3, 0.4) is 0 Å². The molecule has 0 saturated heterocycles. The predicted octanol–water partition coefficient (Wildman–Crippen LogP) is 4.91. The summed E-state index contributed by atoms with van der Waals surface area (Å²) >= 11 is 6.06. The number of nitrogens with zero attached hydrogens (tertiary/aromatic N) is 1. The molecular formula is C15H9ClF3NO. The molecule has 2 nitrogen and oxygen atoms in total. The molecule has 0 aromatic heterocycles. The quantitative estimate of drug-likeness (QED) is 0.789. The number of alkyl halides is 3. The Kier molecular flexibility index (Phi) is 4.10. The lowest BCUT2D eigenvalue weighted by atomic mass is 9.99. The molecule has 0 spiro atoms. The average Bonchev–Trinajstić information content (AvgIpc) is 2.45. The van der Waals surface area contributed by atoms with E-state index in [1.165, 1.54) is 19.2 Å². The van der Waals surface area contributed by atoms with Crippen LogP contribution in [0.25, 0.3) is 11.1 Å². The van der Waals surface area contributed by atoms with Gasteiger partial charge in [0.1, 0.15) is 5.75 Å². The van der Waals surface area contributed by atoms with Gasteiger partial charge in [0.2, 0.25) is 0 Å². The van der Waals surface area contributed by atoms with Gasteiger partial charge < -0.3 is 4.74 Å². The van der Waals surface area contributed by atoms with Crippen molar-refractivity contribution < 1.29 is 17.9 Å². The maximum atomic E-state index is 12.9. The van der Waals surface area contributed by atoms with Crippen molar-refractivity contribution in [1.82, 2.24) is 0 Å². The van der Waals surface area contributed by atoms with Crippen LogP contribution in [-0.4, -0.2) is 7.11 Å². The highest BCUT2D eigenvalue weighted by Gasteiger charge is 2.34. The van der Waals surface area contributed by atoms with Gasteiger partial charge in [-0.1, -0.05) is 17.7 Å². The van der Waals surface area contributed by atoms with Crippen LogP contribution in [0.2, 0.25) is 5.02 Å². The molecule has 0 fully saturated rings. The van der Waals surface area contributed by atoms with E-state index in [9.17, 15) is 13.2 Å². The molecule has 0 aliphatic carbocycles. The Morgan fingerprint density at radius 3 is 2.38 bits per heavy atom. The Labute approximate surface area is 124 Å². The second kappa shape index (κ2) is 5.66. The number of benzene rings is 2. The SMILES string of the molecule is COc1ccc(-c2ccc(C#N)c(C(F)(F)F)c2)c(Cl)c1. The molecule has 2 aromatic carbocycles. The number of hydrogen-bond acceptors (Lipinski definition) is 2. The third kappa shape index (κ3) is 3.11. The van der Waals surface area contributed by atoms with Crippen LogP contribution in [0, 0.1) is 11.3 Å². The Hall–Kier alpha value is -2.19. The zero-order valence-electron chi connectivity index (χ0n) is 10.8. The molecule has 0 atom stereocenters. The minimum atomic E-state index is -4.60. The first-order valence-electron chi connectivity index (χ1n) is 5.82. The summed E-state index contributed by atoms with van der Waals surface area (Å²) < 4.78 is 43.8. The van der Waals surface area contributed by atoms with Crippen molar-refractivity contribution >= 4 is 11.6 Å². The number of methoxy groups -OCH3 is 1. The lowest BCUT2D eigenvalue weighted by Crippen LogP contribution is -2.08. The fourth-order valence-electron chi connectivity index (χ4n) is 1.90. The maximum absolute atomic E-state index is 12.9. The molecule has 2 rings (SSSR count). The topological polar surface area (TPSA) is 33.0 Å². The molecule has 0 heterocycles. The zero-order chi connectivity index (χ0) is 15.6. The molecule has 0 unspecified atom stereocenters.